The monoisotopic (exact) mass is 447 g/mol. The second-order valence-corrected chi connectivity index (χ2v) is 7.16. The van der Waals surface area contributed by atoms with E-state index in [9.17, 15) is 23.2 Å². The molecule has 2 aromatic rings. The molecule has 2 aliphatic rings. The number of amides is 2. The van der Waals surface area contributed by atoms with Gasteiger partial charge in [-0.2, -0.15) is 0 Å². The van der Waals surface area contributed by atoms with Crippen molar-refractivity contribution in [2.24, 2.45) is 0 Å². The third-order valence-electron chi connectivity index (χ3n) is 5.22. The second-order valence-electron chi connectivity index (χ2n) is 7.16. The van der Waals surface area contributed by atoms with Crippen LogP contribution in [0.5, 0.6) is 0 Å². The quantitative estimate of drug-likeness (QED) is 0.495. The number of esters is 1. The Morgan fingerprint density at radius 2 is 1.97 bits per heavy atom. The van der Waals surface area contributed by atoms with E-state index in [0.717, 1.165) is 4.90 Å². The molecule has 2 aliphatic heterocycles. The van der Waals surface area contributed by atoms with E-state index in [1.165, 1.54) is 42.5 Å². The van der Waals surface area contributed by atoms with Crippen molar-refractivity contribution >= 4 is 29.7 Å². The Balaban J connectivity index is 1.52. The number of pyridine rings is 1. The molecule has 168 valence electrons. The lowest BCUT2D eigenvalue weighted by molar-refractivity contribution is -0.141. The summed E-state index contributed by atoms with van der Waals surface area (Å²) in [6.07, 6.45) is -0.414. The molecule has 0 saturated carbocycles. The predicted molar refractivity (Wildman–Crippen MR) is 107 cm³/mol. The molecule has 32 heavy (non-hydrogen) atoms. The second kappa shape index (κ2) is 8.77. The van der Waals surface area contributed by atoms with Crippen LogP contribution < -0.4 is 9.80 Å². The molecule has 2 saturated heterocycles. The molecule has 0 unspecified atom stereocenters. The first-order valence-corrected chi connectivity index (χ1v) is 9.82. The molecule has 0 bridgehead atoms. The van der Waals surface area contributed by atoms with Crippen molar-refractivity contribution in [3.05, 3.63) is 42.1 Å². The van der Waals surface area contributed by atoms with Crippen LogP contribution in [0.25, 0.3) is 11.1 Å². The summed E-state index contributed by atoms with van der Waals surface area (Å²) in [4.78, 5) is 41.5. The van der Waals surface area contributed by atoms with Gasteiger partial charge in [0.25, 0.3) is 0 Å². The minimum Gasteiger partial charge on any atom is -0.469 e. The van der Waals surface area contributed by atoms with Gasteiger partial charge in [-0.15, -0.1) is 0 Å². The van der Waals surface area contributed by atoms with Crippen LogP contribution in [0.4, 0.5) is 29.9 Å². The van der Waals surface area contributed by atoms with Crippen LogP contribution in [-0.2, 0) is 19.0 Å². The van der Waals surface area contributed by atoms with Crippen molar-refractivity contribution in [1.82, 2.24) is 4.98 Å². The Hall–Kier alpha value is -3.76. The lowest BCUT2D eigenvalue weighted by Crippen LogP contribution is -2.26. The van der Waals surface area contributed by atoms with Crippen molar-refractivity contribution in [3.8, 4) is 11.1 Å². The Bertz CT molecular complexity index is 1060. The number of hydrogen-bond acceptors (Lipinski definition) is 7. The van der Waals surface area contributed by atoms with Gasteiger partial charge in [-0.3, -0.25) is 14.6 Å². The lowest BCUT2D eigenvalue weighted by Gasteiger charge is -2.16. The highest BCUT2D eigenvalue weighted by atomic mass is 19.2. The highest BCUT2D eigenvalue weighted by molar-refractivity contribution is 5.91. The summed E-state index contributed by atoms with van der Waals surface area (Å²) in [7, 11) is 1.25. The summed E-state index contributed by atoms with van der Waals surface area (Å²) in [6.45, 7) is 0.592. The topological polar surface area (TPSA) is 98.3 Å². The molecule has 9 nitrogen and oxygen atoms in total. The van der Waals surface area contributed by atoms with Crippen molar-refractivity contribution in [2.45, 2.75) is 18.9 Å². The maximum atomic E-state index is 14.9. The van der Waals surface area contributed by atoms with Gasteiger partial charge in [0, 0.05) is 23.7 Å². The first kappa shape index (κ1) is 21.5. The predicted octanol–water partition coefficient (Wildman–Crippen LogP) is 3.26. The molecule has 4 rings (SSSR count). The van der Waals surface area contributed by atoms with E-state index in [-0.39, 0.29) is 37.2 Å². The van der Waals surface area contributed by atoms with Gasteiger partial charge < -0.3 is 14.2 Å². The molecule has 11 heteroatoms. The number of anilines is 2. The van der Waals surface area contributed by atoms with Gasteiger partial charge in [-0.25, -0.2) is 23.4 Å². The fourth-order valence-corrected chi connectivity index (χ4v) is 3.53. The number of nitrogens with zero attached hydrogens (tertiary/aromatic N) is 3. The van der Waals surface area contributed by atoms with Crippen LogP contribution in [0, 0.1) is 11.6 Å². The maximum absolute atomic E-state index is 14.9. The van der Waals surface area contributed by atoms with E-state index in [2.05, 4.69) is 9.72 Å². The number of halogens is 2. The van der Waals surface area contributed by atoms with E-state index in [1.807, 2.05) is 0 Å². The van der Waals surface area contributed by atoms with E-state index < -0.39 is 35.9 Å². The van der Waals surface area contributed by atoms with Gasteiger partial charge in [0.2, 0.25) is 0 Å². The number of carbonyl (C=O) groups is 3. The van der Waals surface area contributed by atoms with E-state index in [1.54, 1.807) is 0 Å². The molecule has 1 aromatic carbocycles. The van der Waals surface area contributed by atoms with Gasteiger partial charge >= 0.3 is 18.2 Å². The lowest BCUT2D eigenvalue weighted by atomic mass is 10.1. The zero-order chi connectivity index (χ0) is 22.8. The molecule has 2 amide bonds. The largest absolute Gasteiger partial charge is 0.469 e. The Labute approximate surface area is 181 Å². The minimum absolute atomic E-state index is 0.0201. The number of carbonyl (C=O) groups excluding carboxylic acids is 3. The van der Waals surface area contributed by atoms with Gasteiger partial charge in [0.15, 0.2) is 11.6 Å². The van der Waals surface area contributed by atoms with Crippen molar-refractivity contribution in [3.63, 3.8) is 0 Å². The van der Waals surface area contributed by atoms with Gasteiger partial charge in [0.05, 0.1) is 25.9 Å². The highest BCUT2D eigenvalue weighted by Crippen LogP contribution is 2.33. The molecular formula is C21H19F2N3O6. The fourth-order valence-electron chi connectivity index (χ4n) is 3.53. The summed E-state index contributed by atoms with van der Waals surface area (Å²) in [5.41, 5.74) is -0.0190. The average Bonchev–Trinajstić information content (AvgIpc) is 3.39. The van der Waals surface area contributed by atoms with Crippen molar-refractivity contribution in [1.29, 1.82) is 0 Å². The SMILES string of the molecule is COC(=O)CC[C@H]1CN(c2ccc(-c3ccc(N4CCOC4=O)nc3)c(F)c2F)C(=O)O1. The standard InChI is InChI=1S/C21H19F2N3O6/c1-30-17(27)7-3-13-11-26(21(29)32-13)15-5-4-14(18(22)19(15)23)12-2-6-16(24-10-12)25-8-9-31-20(25)28/h2,4-6,10,13H,3,7-9,11H2,1H3/t13-/m0/s1. The number of hydrogen-bond donors (Lipinski definition) is 0. The summed E-state index contributed by atoms with van der Waals surface area (Å²) >= 11 is 0. The van der Waals surface area contributed by atoms with Gasteiger partial charge in [0.1, 0.15) is 18.5 Å². The highest BCUT2D eigenvalue weighted by Gasteiger charge is 2.35. The van der Waals surface area contributed by atoms with E-state index in [4.69, 9.17) is 9.47 Å². The minimum atomic E-state index is -1.21. The van der Waals surface area contributed by atoms with Crippen LogP contribution in [0.2, 0.25) is 0 Å². The Morgan fingerprint density at radius 1 is 1.16 bits per heavy atom. The molecule has 3 heterocycles. The molecule has 1 aromatic heterocycles. The number of aromatic nitrogens is 1. The zero-order valence-corrected chi connectivity index (χ0v) is 17.0. The van der Waals surface area contributed by atoms with Gasteiger partial charge in [-0.05, 0) is 30.7 Å². The first-order valence-electron chi connectivity index (χ1n) is 9.82. The van der Waals surface area contributed by atoms with Gasteiger partial charge in [-0.1, -0.05) is 0 Å². The molecule has 1 atom stereocenters. The molecule has 0 radical (unpaired) electrons. The van der Waals surface area contributed by atoms with Crippen LogP contribution in [0.3, 0.4) is 0 Å². The summed E-state index contributed by atoms with van der Waals surface area (Å²) in [5, 5.41) is 0. The number of methoxy groups -OCH3 is 1. The normalized spacial score (nSPS) is 18.0. The summed E-state index contributed by atoms with van der Waals surface area (Å²) < 4.78 is 44.3. The van der Waals surface area contributed by atoms with Crippen LogP contribution in [0.15, 0.2) is 30.5 Å². The number of ether oxygens (including phenoxy) is 3. The third-order valence-corrected chi connectivity index (χ3v) is 5.22. The molecule has 0 aliphatic carbocycles. The fraction of sp³-hybridized carbons (Fsp3) is 0.333. The maximum Gasteiger partial charge on any atom is 0.415 e. The molecule has 2 fully saturated rings. The third kappa shape index (κ3) is 4.05. The summed E-state index contributed by atoms with van der Waals surface area (Å²) in [6, 6.07) is 5.64. The number of rotatable bonds is 6. The molecular weight excluding hydrogens is 428 g/mol. The van der Waals surface area contributed by atoms with Crippen molar-refractivity contribution in [2.75, 3.05) is 36.6 Å². The molecule has 0 N–H and O–H groups in total. The zero-order valence-electron chi connectivity index (χ0n) is 17.0. The van der Waals surface area contributed by atoms with Crippen LogP contribution in [-0.4, -0.2) is 56.0 Å². The van der Waals surface area contributed by atoms with E-state index >= 15 is 0 Å². The number of benzene rings is 1. The van der Waals surface area contributed by atoms with Crippen molar-refractivity contribution < 1.29 is 37.4 Å². The smallest absolute Gasteiger partial charge is 0.415 e. The summed E-state index contributed by atoms with van der Waals surface area (Å²) in [5.74, 6) is -2.47. The average molecular weight is 447 g/mol. The number of cyclic esters (lactones) is 2. The first-order chi connectivity index (χ1) is 15.4. The van der Waals surface area contributed by atoms with Crippen LogP contribution in [0.1, 0.15) is 12.8 Å². The van der Waals surface area contributed by atoms with E-state index in [0.29, 0.717) is 17.9 Å². The molecule has 0 spiro atoms. The Kier molecular flexibility index (Phi) is 5.89. The Morgan fingerprint density at radius 3 is 2.62 bits per heavy atom. The van der Waals surface area contributed by atoms with Crippen LogP contribution >= 0.6 is 0 Å².